The number of amides is 1. The van der Waals surface area contributed by atoms with Crippen LogP contribution in [0, 0.1) is 0 Å². The van der Waals surface area contributed by atoms with Crippen LogP contribution < -0.4 is 11.5 Å². The van der Waals surface area contributed by atoms with Crippen LogP contribution in [0.25, 0.3) is 0 Å². The average molecular weight is 180 g/mol. The van der Waals surface area contributed by atoms with Crippen LogP contribution in [-0.2, 0) is 0 Å². The van der Waals surface area contributed by atoms with Gasteiger partial charge in [0.1, 0.15) is 0 Å². The summed E-state index contributed by atoms with van der Waals surface area (Å²) in [6.45, 7) is 0. The first-order valence-electron chi connectivity index (χ1n) is 4.33. The molecular formula is C8H12N4O. The molecule has 1 aliphatic rings. The number of nitrogens with zero attached hydrogens (tertiary/aromatic N) is 2. The number of nitrogens with two attached hydrogens (primary N) is 2. The second-order valence-corrected chi connectivity index (χ2v) is 3.36. The zero-order chi connectivity index (χ0) is 9.42. The summed E-state index contributed by atoms with van der Waals surface area (Å²) in [5, 5.41) is 4.05. The summed E-state index contributed by atoms with van der Waals surface area (Å²) in [5.41, 5.74) is 11.2. The molecule has 1 fully saturated rings. The Morgan fingerprint density at radius 1 is 1.62 bits per heavy atom. The Balaban J connectivity index is 2.28. The van der Waals surface area contributed by atoms with Crippen LogP contribution in [0.5, 0.6) is 0 Å². The van der Waals surface area contributed by atoms with Crippen molar-refractivity contribution < 1.29 is 4.79 Å². The number of hydrogen-bond donors (Lipinski definition) is 2. The third-order valence-corrected chi connectivity index (χ3v) is 2.44. The lowest BCUT2D eigenvalue weighted by Gasteiger charge is -2.25. The van der Waals surface area contributed by atoms with Gasteiger partial charge < -0.3 is 11.5 Å². The van der Waals surface area contributed by atoms with E-state index >= 15 is 0 Å². The van der Waals surface area contributed by atoms with Gasteiger partial charge in [0.05, 0.1) is 11.7 Å². The summed E-state index contributed by atoms with van der Waals surface area (Å²) >= 11 is 0. The van der Waals surface area contributed by atoms with Crippen molar-refractivity contribution in [3.63, 3.8) is 0 Å². The van der Waals surface area contributed by atoms with Crippen molar-refractivity contribution in [2.45, 2.75) is 25.3 Å². The lowest BCUT2D eigenvalue weighted by Crippen LogP contribution is -2.19. The molecule has 0 spiro atoms. The van der Waals surface area contributed by atoms with Gasteiger partial charge in [-0.2, -0.15) is 5.10 Å². The maximum absolute atomic E-state index is 10.8. The summed E-state index contributed by atoms with van der Waals surface area (Å²) in [6.07, 6.45) is 5.12. The largest absolute Gasteiger partial charge is 0.396 e. The smallest absolute Gasteiger partial charge is 0.271 e. The number of nitrogen functional groups attached to an aromatic ring is 1. The quantitative estimate of drug-likeness (QED) is 0.685. The molecule has 1 aromatic rings. The maximum atomic E-state index is 10.8. The molecule has 0 aromatic carbocycles. The third-order valence-electron chi connectivity index (χ3n) is 2.44. The number of hydrogen-bond acceptors (Lipinski definition) is 3. The predicted molar refractivity (Wildman–Crippen MR) is 48.0 cm³/mol. The topological polar surface area (TPSA) is 86.9 Å². The van der Waals surface area contributed by atoms with Crippen molar-refractivity contribution >= 4 is 11.6 Å². The molecule has 4 N–H and O–H groups in total. The molecule has 1 saturated carbocycles. The monoisotopic (exact) mass is 180 g/mol. The fourth-order valence-electron chi connectivity index (χ4n) is 1.44. The van der Waals surface area contributed by atoms with Gasteiger partial charge in [-0.1, -0.05) is 0 Å². The molecule has 0 atom stereocenters. The lowest BCUT2D eigenvalue weighted by molar-refractivity contribution is 0.0994. The van der Waals surface area contributed by atoms with Gasteiger partial charge in [-0.05, 0) is 19.3 Å². The summed E-state index contributed by atoms with van der Waals surface area (Å²) in [5.74, 6) is -0.560. The molecule has 0 radical (unpaired) electrons. The van der Waals surface area contributed by atoms with Crippen molar-refractivity contribution in [2.24, 2.45) is 5.73 Å². The van der Waals surface area contributed by atoms with Crippen molar-refractivity contribution in [1.29, 1.82) is 0 Å². The normalized spacial score (nSPS) is 16.9. The van der Waals surface area contributed by atoms with Crippen LogP contribution in [-0.4, -0.2) is 15.7 Å². The fourth-order valence-corrected chi connectivity index (χ4v) is 1.44. The number of primary amides is 1. The van der Waals surface area contributed by atoms with E-state index in [1.54, 1.807) is 10.9 Å². The Morgan fingerprint density at radius 3 is 2.69 bits per heavy atom. The molecule has 2 rings (SSSR count). The minimum absolute atomic E-state index is 0.187. The first-order chi connectivity index (χ1) is 6.18. The van der Waals surface area contributed by atoms with Crippen LogP contribution in [0.3, 0.4) is 0 Å². The molecule has 1 heterocycles. The Morgan fingerprint density at radius 2 is 2.31 bits per heavy atom. The molecular weight excluding hydrogens is 168 g/mol. The standard InChI is InChI=1S/C8H12N4O/c9-6-4-12(5-2-1-3-5)11-7(6)8(10)13/h4-5H,1-3,9H2,(H2,10,13). The van der Waals surface area contributed by atoms with Crippen LogP contribution in [0.1, 0.15) is 35.8 Å². The first kappa shape index (κ1) is 8.10. The van der Waals surface area contributed by atoms with Gasteiger partial charge in [0, 0.05) is 6.20 Å². The van der Waals surface area contributed by atoms with Gasteiger partial charge in [0.25, 0.3) is 5.91 Å². The van der Waals surface area contributed by atoms with Crippen molar-refractivity contribution in [3.05, 3.63) is 11.9 Å². The molecule has 1 amide bonds. The Bertz CT molecular complexity index is 340. The molecule has 0 bridgehead atoms. The van der Waals surface area contributed by atoms with E-state index in [1.165, 1.54) is 6.42 Å². The second-order valence-electron chi connectivity index (χ2n) is 3.36. The average Bonchev–Trinajstić information content (AvgIpc) is 2.27. The van der Waals surface area contributed by atoms with E-state index in [-0.39, 0.29) is 5.69 Å². The van der Waals surface area contributed by atoms with Gasteiger partial charge >= 0.3 is 0 Å². The van der Waals surface area contributed by atoms with Crippen molar-refractivity contribution in [2.75, 3.05) is 5.73 Å². The molecule has 70 valence electrons. The van der Waals surface area contributed by atoms with Gasteiger partial charge in [0.15, 0.2) is 5.69 Å². The van der Waals surface area contributed by atoms with Crippen LogP contribution in [0.4, 0.5) is 5.69 Å². The minimum Gasteiger partial charge on any atom is -0.396 e. The SMILES string of the molecule is NC(=O)c1nn(C2CCC2)cc1N. The van der Waals surface area contributed by atoms with Gasteiger partial charge in [-0.3, -0.25) is 9.48 Å². The molecule has 5 nitrogen and oxygen atoms in total. The zero-order valence-electron chi connectivity index (χ0n) is 7.23. The van der Waals surface area contributed by atoms with Gasteiger partial charge in [0.2, 0.25) is 0 Å². The highest BCUT2D eigenvalue weighted by molar-refractivity contribution is 5.95. The second kappa shape index (κ2) is 2.76. The summed E-state index contributed by atoms with van der Waals surface area (Å²) in [4.78, 5) is 10.8. The third kappa shape index (κ3) is 1.26. The van der Waals surface area contributed by atoms with E-state index in [1.807, 2.05) is 0 Å². The van der Waals surface area contributed by atoms with E-state index in [0.29, 0.717) is 11.7 Å². The number of aromatic nitrogens is 2. The Hall–Kier alpha value is -1.52. The van der Waals surface area contributed by atoms with Crippen molar-refractivity contribution in [3.8, 4) is 0 Å². The number of anilines is 1. The lowest BCUT2D eigenvalue weighted by atomic mass is 9.93. The summed E-state index contributed by atoms with van der Waals surface area (Å²) in [6, 6.07) is 0.412. The Kier molecular flexibility index (Phi) is 1.72. The molecule has 0 saturated heterocycles. The number of carbonyl (C=O) groups excluding carboxylic acids is 1. The highest BCUT2D eigenvalue weighted by Gasteiger charge is 2.22. The zero-order valence-corrected chi connectivity index (χ0v) is 7.23. The predicted octanol–water partition coefficient (Wildman–Crippen LogP) is 0.289. The first-order valence-corrected chi connectivity index (χ1v) is 4.33. The molecule has 1 aliphatic carbocycles. The van der Waals surface area contributed by atoms with Crippen LogP contribution >= 0.6 is 0 Å². The van der Waals surface area contributed by atoms with Crippen molar-refractivity contribution in [1.82, 2.24) is 9.78 Å². The highest BCUT2D eigenvalue weighted by Crippen LogP contribution is 2.31. The summed E-state index contributed by atoms with van der Waals surface area (Å²) in [7, 11) is 0. The van der Waals surface area contributed by atoms with Crippen LogP contribution in [0.15, 0.2) is 6.20 Å². The highest BCUT2D eigenvalue weighted by atomic mass is 16.1. The van der Waals surface area contributed by atoms with E-state index in [4.69, 9.17) is 11.5 Å². The fraction of sp³-hybridized carbons (Fsp3) is 0.500. The molecule has 0 aliphatic heterocycles. The maximum Gasteiger partial charge on any atom is 0.271 e. The summed E-state index contributed by atoms with van der Waals surface area (Å²) < 4.78 is 1.75. The molecule has 5 heteroatoms. The van der Waals surface area contributed by atoms with E-state index in [2.05, 4.69) is 5.10 Å². The minimum atomic E-state index is -0.560. The van der Waals surface area contributed by atoms with Gasteiger partial charge in [-0.25, -0.2) is 0 Å². The molecule has 13 heavy (non-hydrogen) atoms. The Labute approximate surface area is 75.7 Å². The van der Waals surface area contributed by atoms with E-state index in [0.717, 1.165) is 12.8 Å². The number of rotatable bonds is 2. The molecule has 1 aromatic heterocycles. The van der Waals surface area contributed by atoms with Gasteiger partial charge in [-0.15, -0.1) is 0 Å². The van der Waals surface area contributed by atoms with E-state index in [9.17, 15) is 4.79 Å². The van der Waals surface area contributed by atoms with E-state index < -0.39 is 5.91 Å². The number of carbonyl (C=O) groups is 1. The van der Waals surface area contributed by atoms with Crippen LogP contribution in [0.2, 0.25) is 0 Å². The molecule has 0 unspecified atom stereocenters.